The first kappa shape index (κ1) is 14.2. The van der Waals surface area contributed by atoms with Crippen LogP contribution in [-0.4, -0.2) is 9.97 Å². The van der Waals surface area contributed by atoms with Gasteiger partial charge in [0.15, 0.2) is 0 Å². The molecule has 0 fully saturated rings. The van der Waals surface area contributed by atoms with Gasteiger partial charge in [0.05, 0.1) is 5.69 Å². The second-order valence-electron chi connectivity index (χ2n) is 4.39. The Kier molecular flexibility index (Phi) is 3.86. The maximum atomic E-state index is 13.8. The summed E-state index contributed by atoms with van der Waals surface area (Å²) in [6.07, 6.45) is 0. The fourth-order valence-electron chi connectivity index (χ4n) is 2.22. The summed E-state index contributed by atoms with van der Waals surface area (Å²) in [5, 5.41) is 1.40. The van der Waals surface area contributed by atoms with Crippen molar-refractivity contribution in [1.82, 2.24) is 9.97 Å². The van der Waals surface area contributed by atoms with E-state index in [0.29, 0.717) is 11.1 Å². The van der Waals surface area contributed by atoms with Crippen LogP contribution in [0.1, 0.15) is 5.69 Å². The minimum absolute atomic E-state index is 0. The molecule has 3 aromatic rings. The molecule has 0 radical (unpaired) electrons. The maximum Gasteiger partial charge on any atom is 0.220 e. The van der Waals surface area contributed by atoms with Gasteiger partial charge in [-0.1, -0.05) is 24.3 Å². The number of aromatic nitrogens is 2. The third-order valence-corrected chi connectivity index (χ3v) is 3.02. The van der Waals surface area contributed by atoms with E-state index in [0.717, 1.165) is 16.6 Å². The summed E-state index contributed by atoms with van der Waals surface area (Å²) in [6.45, 7) is 1.85. The molecule has 0 aliphatic heterocycles. The zero-order valence-corrected chi connectivity index (χ0v) is 11.6. The summed E-state index contributed by atoms with van der Waals surface area (Å²) < 4.78 is 13.8. The van der Waals surface area contributed by atoms with Gasteiger partial charge in [-0.2, -0.15) is 0 Å². The zero-order valence-electron chi connectivity index (χ0n) is 10.8. The van der Waals surface area contributed by atoms with Gasteiger partial charge in [-0.05, 0) is 30.5 Å². The molecule has 2 aromatic carbocycles. The van der Waals surface area contributed by atoms with Crippen LogP contribution in [0.4, 0.5) is 10.3 Å². The molecule has 102 valence electrons. The lowest BCUT2D eigenvalue weighted by molar-refractivity contribution is 0.640. The molecule has 0 bridgehead atoms. The number of halogens is 2. The van der Waals surface area contributed by atoms with Crippen molar-refractivity contribution in [2.45, 2.75) is 6.92 Å². The van der Waals surface area contributed by atoms with E-state index in [2.05, 4.69) is 9.97 Å². The Morgan fingerprint density at radius 2 is 1.70 bits per heavy atom. The number of nitrogens with zero attached hydrogens (tertiary/aromatic N) is 2. The Morgan fingerprint density at radius 3 is 2.40 bits per heavy atom. The number of aryl methyl sites for hydroxylation is 1. The van der Waals surface area contributed by atoms with Gasteiger partial charge in [0.25, 0.3) is 0 Å². The highest BCUT2D eigenvalue weighted by Crippen LogP contribution is 2.29. The highest BCUT2D eigenvalue weighted by Gasteiger charge is 2.09. The lowest BCUT2D eigenvalue weighted by atomic mass is 10.0. The minimum Gasteiger partial charge on any atom is -0.368 e. The van der Waals surface area contributed by atoms with E-state index in [1.54, 1.807) is 12.1 Å². The number of nitrogen functional groups attached to an aromatic ring is 1. The van der Waals surface area contributed by atoms with E-state index < -0.39 is 0 Å². The van der Waals surface area contributed by atoms with E-state index in [4.69, 9.17) is 5.73 Å². The Hall–Kier alpha value is -2.20. The standard InChI is InChI=1S/C15H12FN3.ClH/c1-9-8-14(19-15(17)18-9)12-6-7-13(16)11-5-3-2-4-10(11)12;/h2-8H,1H3,(H2,17,18,19);1H. The van der Waals surface area contributed by atoms with Crippen molar-refractivity contribution >= 4 is 29.1 Å². The normalized spacial score (nSPS) is 10.3. The molecule has 0 aliphatic carbocycles. The molecule has 1 heterocycles. The number of fused-ring (bicyclic) bond motifs is 1. The fraction of sp³-hybridized carbons (Fsp3) is 0.0667. The largest absolute Gasteiger partial charge is 0.368 e. The average Bonchev–Trinajstić information content (AvgIpc) is 2.38. The van der Waals surface area contributed by atoms with Crippen molar-refractivity contribution < 1.29 is 4.39 Å². The van der Waals surface area contributed by atoms with E-state index in [1.807, 2.05) is 31.2 Å². The van der Waals surface area contributed by atoms with Crippen molar-refractivity contribution in [1.29, 1.82) is 0 Å². The summed E-state index contributed by atoms with van der Waals surface area (Å²) >= 11 is 0. The first-order valence-corrected chi connectivity index (χ1v) is 5.94. The molecule has 2 N–H and O–H groups in total. The van der Waals surface area contributed by atoms with Crippen LogP contribution in [0.25, 0.3) is 22.0 Å². The number of anilines is 1. The molecule has 3 nitrogen and oxygen atoms in total. The molecule has 0 spiro atoms. The Labute approximate surface area is 122 Å². The van der Waals surface area contributed by atoms with E-state index >= 15 is 0 Å². The molecule has 0 aliphatic rings. The predicted octanol–water partition coefficient (Wildman–Crippen LogP) is 3.75. The monoisotopic (exact) mass is 289 g/mol. The maximum absolute atomic E-state index is 13.8. The number of hydrogen-bond donors (Lipinski definition) is 1. The minimum atomic E-state index is -0.238. The Bertz CT molecular complexity index is 754. The molecule has 5 heteroatoms. The van der Waals surface area contributed by atoms with Crippen LogP contribution >= 0.6 is 12.4 Å². The lowest BCUT2D eigenvalue weighted by Gasteiger charge is -2.08. The quantitative estimate of drug-likeness (QED) is 0.742. The van der Waals surface area contributed by atoms with Crippen LogP contribution in [0.2, 0.25) is 0 Å². The summed E-state index contributed by atoms with van der Waals surface area (Å²) in [5.41, 5.74) is 8.03. The molecule has 0 saturated heterocycles. The third kappa shape index (κ3) is 2.42. The first-order chi connectivity index (χ1) is 9.15. The molecule has 3 rings (SSSR count). The highest BCUT2D eigenvalue weighted by molar-refractivity contribution is 5.96. The molecule has 0 unspecified atom stereocenters. The first-order valence-electron chi connectivity index (χ1n) is 5.94. The van der Waals surface area contributed by atoms with Gasteiger partial charge in [-0.25, -0.2) is 14.4 Å². The van der Waals surface area contributed by atoms with Crippen molar-refractivity contribution in [3.8, 4) is 11.3 Å². The van der Waals surface area contributed by atoms with Gasteiger partial charge in [0.2, 0.25) is 5.95 Å². The summed E-state index contributed by atoms with van der Waals surface area (Å²) in [4.78, 5) is 8.28. The predicted molar refractivity (Wildman–Crippen MR) is 81.3 cm³/mol. The number of benzene rings is 2. The molecule has 20 heavy (non-hydrogen) atoms. The van der Waals surface area contributed by atoms with Gasteiger partial charge in [0, 0.05) is 16.6 Å². The molecule has 1 aromatic heterocycles. The Balaban J connectivity index is 0.00000147. The molecular formula is C15H13ClFN3. The molecule has 0 saturated carbocycles. The van der Waals surface area contributed by atoms with Gasteiger partial charge in [-0.3, -0.25) is 0 Å². The van der Waals surface area contributed by atoms with Crippen molar-refractivity contribution in [3.63, 3.8) is 0 Å². The second kappa shape index (κ2) is 5.43. The SMILES string of the molecule is Cc1cc(-c2ccc(F)c3ccccc23)nc(N)n1.Cl. The van der Waals surface area contributed by atoms with E-state index in [9.17, 15) is 4.39 Å². The fourth-order valence-corrected chi connectivity index (χ4v) is 2.22. The molecule has 0 atom stereocenters. The van der Waals surface area contributed by atoms with Gasteiger partial charge >= 0.3 is 0 Å². The second-order valence-corrected chi connectivity index (χ2v) is 4.39. The number of nitrogens with two attached hydrogens (primary N) is 1. The summed E-state index contributed by atoms with van der Waals surface area (Å²) in [5.74, 6) is -0.0125. The Morgan fingerprint density at radius 1 is 1.00 bits per heavy atom. The number of rotatable bonds is 1. The van der Waals surface area contributed by atoms with Crippen molar-refractivity contribution in [2.24, 2.45) is 0 Å². The molecule has 0 amide bonds. The van der Waals surface area contributed by atoms with Crippen LogP contribution in [0.15, 0.2) is 42.5 Å². The van der Waals surface area contributed by atoms with Crippen LogP contribution in [-0.2, 0) is 0 Å². The van der Waals surface area contributed by atoms with Crippen molar-refractivity contribution in [3.05, 3.63) is 54.0 Å². The topological polar surface area (TPSA) is 51.8 Å². The lowest BCUT2D eigenvalue weighted by Crippen LogP contribution is -1.98. The van der Waals surface area contributed by atoms with Crippen LogP contribution in [0.5, 0.6) is 0 Å². The third-order valence-electron chi connectivity index (χ3n) is 3.02. The van der Waals surface area contributed by atoms with Crippen LogP contribution in [0.3, 0.4) is 0 Å². The zero-order chi connectivity index (χ0) is 13.4. The molecular weight excluding hydrogens is 277 g/mol. The van der Waals surface area contributed by atoms with Crippen LogP contribution < -0.4 is 5.73 Å². The highest BCUT2D eigenvalue weighted by atomic mass is 35.5. The van der Waals surface area contributed by atoms with Gasteiger partial charge < -0.3 is 5.73 Å². The summed E-state index contributed by atoms with van der Waals surface area (Å²) in [6, 6.07) is 12.3. The van der Waals surface area contributed by atoms with Gasteiger partial charge in [0.1, 0.15) is 5.82 Å². The van der Waals surface area contributed by atoms with E-state index in [-0.39, 0.29) is 24.2 Å². The van der Waals surface area contributed by atoms with Crippen LogP contribution in [0, 0.1) is 12.7 Å². The van der Waals surface area contributed by atoms with Gasteiger partial charge in [-0.15, -0.1) is 12.4 Å². The smallest absolute Gasteiger partial charge is 0.220 e. The summed E-state index contributed by atoms with van der Waals surface area (Å²) in [7, 11) is 0. The number of hydrogen-bond acceptors (Lipinski definition) is 3. The average molecular weight is 290 g/mol. The van der Waals surface area contributed by atoms with Crippen molar-refractivity contribution in [2.75, 3.05) is 5.73 Å². The van der Waals surface area contributed by atoms with E-state index in [1.165, 1.54) is 6.07 Å².